The molecule has 0 aliphatic heterocycles. The zero-order valence-electron chi connectivity index (χ0n) is 7.69. The van der Waals surface area contributed by atoms with E-state index in [-0.39, 0.29) is 0 Å². The lowest BCUT2D eigenvalue weighted by atomic mass is 10.3. The number of rotatable bonds is 4. The van der Waals surface area contributed by atoms with Crippen LogP contribution in [0.25, 0.3) is 0 Å². The molecule has 0 heterocycles. The van der Waals surface area contributed by atoms with Crippen molar-refractivity contribution in [2.75, 3.05) is 5.88 Å². The van der Waals surface area contributed by atoms with Gasteiger partial charge in [-0.05, 0) is 6.42 Å². The molecule has 0 rings (SSSR count). The van der Waals surface area contributed by atoms with Crippen LogP contribution in [0.4, 0.5) is 0 Å². The van der Waals surface area contributed by atoms with E-state index in [1.807, 2.05) is 21.6 Å². The highest BCUT2D eigenvalue weighted by Gasteiger charge is 2.13. The molecule has 0 aromatic carbocycles. The van der Waals surface area contributed by atoms with Crippen molar-refractivity contribution in [3.8, 4) is 0 Å². The molecule has 0 aromatic rings. The van der Waals surface area contributed by atoms with Gasteiger partial charge in [0, 0.05) is 15.9 Å². The van der Waals surface area contributed by atoms with Crippen molar-refractivity contribution in [2.45, 2.75) is 44.1 Å². The Morgan fingerprint density at radius 3 is 2.27 bits per heavy atom. The molecule has 68 valence electrons. The fourth-order valence-corrected chi connectivity index (χ4v) is 3.20. The average molecular weight is 213 g/mol. The second kappa shape index (κ2) is 5.60. The Kier molecular flexibility index (Phi) is 6.11. The van der Waals surface area contributed by atoms with Crippen molar-refractivity contribution >= 4 is 33.2 Å². The first-order valence-electron chi connectivity index (χ1n) is 3.86. The van der Waals surface area contributed by atoms with Gasteiger partial charge in [-0.15, -0.1) is 11.6 Å². The molecular weight excluding hydrogens is 196 g/mol. The largest absolute Gasteiger partial charge is 0.127 e. The van der Waals surface area contributed by atoms with Gasteiger partial charge >= 0.3 is 0 Å². The Labute approximate surface area is 83.2 Å². The highest BCUT2D eigenvalue weighted by Crippen LogP contribution is 2.38. The Bertz CT molecular complexity index is 98.8. The third-order valence-corrected chi connectivity index (χ3v) is 5.13. The summed E-state index contributed by atoms with van der Waals surface area (Å²) in [5.41, 5.74) is 0. The predicted octanol–water partition coefficient (Wildman–Crippen LogP) is 4.18. The molecule has 0 aliphatic rings. The van der Waals surface area contributed by atoms with Gasteiger partial charge in [0.15, 0.2) is 0 Å². The molecule has 0 amide bonds. The van der Waals surface area contributed by atoms with Crippen LogP contribution in [0.3, 0.4) is 0 Å². The quantitative estimate of drug-likeness (QED) is 0.507. The summed E-state index contributed by atoms with van der Waals surface area (Å²) in [7, 11) is 3.88. The Morgan fingerprint density at radius 1 is 1.36 bits per heavy atom. The molecule has 0 nitrogen and oxygen atoms in total. The number of hydrogen-bond donors (Lipinski definition) is 0. The van der Waals surface area contributed by atoms with Gasteiger partial charge in [-0.25, -0.2) is 0 Å². The summed E-state index contributed by atoms with van der Waals surface area (Å²) in [6, 6.07) is 0. The first-order valence-corrected chi connectivity index (χ1v) is 6.61. The summed E-state index contributed by atoms with van der Waals surface area (Å²) in [5, 5.41) is 0.678. The Hall–Kier alpha value is 0.990. The Balaban J connectivity index is 3.38. The average Bonchev–Trinajstić information content (AvgIpc) is 1.83. The van der Waals surface area contributed by atoms with E-state index in [1.165, 1.54) is 0 Å². The van der Waals surface area contributed by atoms with E-state index >= 15 is 0 Å². The van der Waals surface area contributed by atoms with E-state index in [1.54, 1.807) is 0 Å². The smallest absolute Gasteiger partial charge is 0.0234 e. The van der Waals surface area contributed by atoms with Gasteiger partial charge in [-0.2, -0.15) is 0 Å². The summed E-state index contributed by atoms with van der Waals surface area (Å²) in [5.74, 6) is 0.777. The molecule has 1 atom stereocenters. The zero-order chi connectivity index (χ0) is 8.91. The molecule has 0 aromatic heterocycles. The zero-order valence-corrected chi connectivity index (χ0v) is 10.1. The van der Waals surface area contributed by atoms with Crippen molar-refractivity contribution in [1.29, 1.82) is 0 Å². The minimum atomic E-state index is 0.366. The molecule has 0 bridgehead atoms. The van der Waals surface area contributed by atoms with Crippen LogP contribution >= 0.6 is 33.2 Å². The van der Waals surface area contributed by atoms with Gasteiger partial charge in [-0.1, -0.05) is 49.3 Å². The lowest BCUT2D eigenvalue weighted by Gasteiger charge is -2.18. The van der Waals surface area contributed by atoms with Crippen LogP contribution in [0.15, 0.2) is 0 Å². The molecule has 0 saturated carbocycles. The lowest BCUT2D eigenvalue weighted by molar-refractivity contribution is 0.810. The van der Waals surface area contributed by atoms with Gasteiger partial charge in [0.1, 0.15) is 0 Å². The first-order chi connectivity index (χ1) is 4.95. The molecule has 0 N–H and O–H groups in total. The standard InChI is InChI=1S/C8H17ClS2/c1-7(5-6-9)10-11-8(2,3)4/h7H,5-6H2,1-4H3. The van der Waals surface area contributed by atoms with E-state index in [2.05, 4.69) is 27.7 Å². The third-order valence-electron chi connectivity index (χ3n) is 0.978. The van der Waals surface area contributed by atoms with Crippen LogP contribution in [0, 0.1) is 0 Å². The number of alkyl halides is 1. The van der Waals surface area contributed by atoms with Gasteiger partial charge in [0.05, 0.1) is 0 Å². The lowest BCUT2D eigenvalue weighted by Crippen LogP contribution is -2.06. The second-order valence-electron chi connectivity index (χ2n) is 3.58. The molecule has 0 fully saturated rings. The highest BCUT2D eigenvalue weighted by atomic mass is 35.5. The second-order valence-corrected chi connectivity index (χ2v) is 7.42. The van der Waals surface area contributed by atoms with Crippen LogP contribution < -0.4 is 0 Å². The summed E-state index contributed by atoms with van der Waals surface area (Å²) >= 11 is 5.62. The van der Waals surface area contributed by atoms with Crippen molar-refractivity contribution in [2.24, 2.45) is 0 Å². The van der Waals surface area contributed by atoms with Crippen LogP contribution in [0.2, 0.25) is 0 Å². The molecule has 3 heteroatoms. The summed E-state index contributed by atoms with van der Waals surface area (Å²) in [4.78, 5) is 0. The molecule has 0 saturated heterocycles. The molecule has 1 unspecified atom stereocenters. The van der Waals surface area contributed by atoms with Crippen LogP contribution in [-0.2, 0) is 0 Å². The van der Waals surface area contributed by atoms with Gasteiger partial charge in [-0.3, -0.25) is 0 Å². The van der Waals surface area contributed by atoms with Crippen molar-refractivity contribution in [1.82, 2.24) is 0 Å². The predicted molar refractivity (Wildman–Crippen MR) is 59.7 cm³/mol. The Morgan fingerprint density at radius 2 is 1.91 bits per heavy atom. The number of hydrogen-bond acceptors (Lipinski definition) is 2. The third kappa shape index (κ3) is 8.90. The molecule has 11 heavy (non-hydrogen) atoms. The highest BCUT2D eigenvalue weighted by molar-refractivity contribution is 8.77. The van der Waals surface area contributed by atoms with E-state index in [9.17, 15) is 0 Å². The van der Waals surface area contributed by atoms with E-state index in [4.69, 9.17) is 11.6 Å². The topological polar surface area (TPSA) is 0 Å². The minimum Gasteiger partial charge on any atom is -0.127 e. The minimum absolute atomic E-state index is 0.366. The maximum atomic E-state index is 5.62. The SMILES string of the molecule is CC(CCCl)SSC(C)(C)C. The fourth-order valence-electron chi connectivity index (χ4n) is 0.428. The van der Waals surface area contributed by atoms with E-state index in [0.29, 0.717) is 10.00 Å². The monoisotopic (exact) mass is 212 g/mol. The van der Waals surface area contributed by atoms with Crippen LogP contribution in [0.1, 0.15) is 34.1 Å². The summed E-state index contributed by atoms with van der Waals surface area (Å²) in [6.45, 7) is 8.93. The molecular formula is C8H17ClS2. The van der Waals surface area contributed by atoms with Crippen LogP contribution in [0.5, 0.6) is 0 Å². The van der Waals surface area contributed by atoms with Crippen molar-refractivity contribution in [3.63, 3.8) is 0 Å². The fraction of sp³-hybridized carbons (Fsp3) is 1.00. The molecule has 0 aliphatic carbocycles. The van der Waals surface area contributed by atoms with Gasteiger partial charge in [0.2, 0.25) is 0 Å². The normalized spacial score (nSPS) is 15.0. The summed E-state index contributed by atoms with van der Waals surface area (Å²) in [6.07, 6.45) is 1.11. The van der Waals surface area contributed by atoms with E-state index < -0.39 is 0 Å². The maximum absolute atomic E-state index is 5.62. The van der Waals surface area contributed by atoms with E-state index in [0.717, 1.165) is 12.3 Å². The van der Waals surface area contributed by atoms with Crippen LogP contribution in [-0.4, -0.2) is 15.9 Å². The molecule has 0 spiro atoms. The number of halogens is 1. The maximum Gasteiger partial charge on any atom is 0.0234 e. The van der Waals surface area contributed by atoms with Gasteiger partial charge < -0.3 is 0 Å². The van der Waals surface area contributed by atoms with Gasteiger partial charge in [0.25, 0.3) is 0 Å². The molecule has 0 radical (unpaired) electrons. The van der Waals surface area contributed by atoms with Crippen molar-refractivity contribution in [3.05, 3.63) is 0 Å². The summed E-state index contributed by atoms with van der Waals surface area (Å²) < 4.78 is 0.366. The first kappa shape index (κ1) is 12.0. The van der Waals surface area contributed by atoms with Crippen molar-refractivity contribution < 1.29 is 0 Å².